The fraction of sp³-hybridized carbons (Fsp3) is 0.476. The molecule has 112 valence electrons. The van der Waals surface area contributed by atoms with E-state index in [1.54, 1.807) is 16.7 Å². The number of benzene rings is 1. The van der Waals surface area contributed by atoms with Gasteiger partial charge in [-0.05, 0) is 79.9 Å². The van der Waals surface area contributed by atoms with Crippen molar-refractivity contribution in [3.8, 4) is 11.3 Å². The first-order valence-electron chi connectivity index (χ1n) is 9.03. The lowest BCUT2D eigenvalue weighted by atomic mass is 9.66. The molecule has 0 saturated heterocycles. The van der Waals surface area contributed by atoms with Crippen molar-refractivity contribution in [2.75, 3.05) is 0 Å². The molecule has 5 rings (SSSR count). The van der Waals surface area contributed by atoms with Gasteiger partial charge in [-0.3, -0.25) is 4.98 Å². The van der Waals surface area contributed by atoms with Gasteiger partial charge in [-0.1, -0.05) is 30.3 Å². The highest BCUT2D eigenvalue weighted by Gasteiger charge is 2.36. The van der Waals surface area contributed by atoms with Crippen LogP contribution in [0.1, 0.15) is 72.7 Å². The van der Waals surface area contributed by atoms with E-state index in [2.05, 4.69) is 30.3 Å². The average molecular weight is 289 g/mol. The Balaban J connectivity index is 1.80. The molecule has 0 fully saturated rings. The molecule has 2 unspecified atom stereocenters. The van der Waals surface area contributed by atoms with Gasteiger partial charge in [-0.25, -0.2) is 0 Å². The quantitative estimate of drug-likeness (QED) is 0.686. The Labute approximate surface area is 132 Å². The van der Waals surface area contributed by atoms with Crippen LogP contribution in [0.2, 0.25) is 0 Å². The van der Waals surface area contributed by atoms with Crippen LogP contribution in [-0.4, -0.2) is 4.98 Å². The molecule has 1 aromatic carbocycles. The van der Waals surface area contributed by atoms with Crippen LogP contribution in [0.25, 0.3) is 11.3 Å². The van der Waals surface area contributed by atoms with E-state index in [9.17, 15) is 0 Å². The van der Waals surface area contributed by atoms with Gasteiger partial charge in [-0.2, -0.15) is 0 Å². The first-order chi connectivity index (χ1) is 10.9. The summed E-state index contributed by atoms with van der Waals surface area (Å²) in [6.07, 6.45) is 10.8. The first kappa shape index (κ1) is 12.9. The highest BCUT2D eigenvalue weighted by atomic mass is 14.7. The third-order valence-corrected chi connectivity index (χ3v) is 6.13. The van der Waals surface area contributed by atoms with E-state index in [1.165, 1.54) is 68.3 Å². The molecule has 2 atom stereocenters. The molecular formula is C21H23N. The van der Waals surface area contributed by atoms with E-state index in [4.69, 9.17) is 4.98 Å². The Morgan fingerprint density at radius 2 is 1.50 bits per heavy atom. The number of rotatable bonds is 1. The molecule has 0 radical (unpaired) electrons. The van der Waals surface area contributed by atoms with E-state index >= 15 is 0 Å². The summed E-state index contributed by atoms with van der Waals surface area (Å²) in [5.41, 5.74) is 9.14. The Morgan fingerprint density at radius 1 is 0.773 bits per heavy atom. The molecule has 0 bridgehead atoms. The van der Waals surface area contributed by atoms with Gasteiger partial charge in [0.25, 0.3) is 0 Å². The minimum Gasteiger partial charge on any atom is -0.252 e. The summed E-state index contributed by atoms with van der Waals surface area (Å²) in [6.45, 7) is 0. The van der Waals surface area contributed by atoms with E-state index < -0.39 is 0 Å². The molecule has 3 aliphatic carbocycles. The van der Waals surface area contributed by atoms with Gasteiger partial charge >= 0.3 is 0 Å². The monoisotopic (exact) mass is 289 g/mol. The fourth-order valence-electron chi connectivity index (χ4n) is 5.22. The predicted molar refractivity (Wildman–Crippen MR) is 90.3 cm³/mol. The van der Waals surface area contributed by atoms with Gasteiger partial charge in [-0.15, -0.1) is 0 Å². The van der Waals surface area contributed by atoms with Crippen molar-refractivity contribution in [3.05, 3.63) is 52.7 Å². The maximum atomic E-state index is 5.22. The van der Waals surface area contributed by atoms with Crippen LogP contribution in [0, 0.1) is 0 Å². The zero-order valence-electron chi connectivity index (χ0n) is 13.1. The van der Waals surface area contributed by atoms with Crippen LogP contribution >= 0.6 is 0 Å². The van der Waals surface area contributed by atoms with Gasteiger partial charge in [0, 0.05) is 11.3 Å². The predicted octanol–water partition coefficient (Wildman–Crippen LogP) is 5.38. The molecule has 0 N–H and O–H groups in total. The number of pyridine rings is 1. The molecule has 1 heterocycles. The number of hydrogen-bond acceptors (Lipinski definition) is 1. The minimum atomic E-state index is 0.823. The smallest absolute Gasteiger partial charge is 0.0740 e. The highest BCUT2D eigenvalue weighted by molar-refractivity contribution is 5.68. The Hall–Kier alpha value is -1.63. The third-order valence-electron chi connectivity index (χ3n) is 6.13. The SMILES string of the molecule is c1ccc(-c2nc3c4c5c2CCCC5CCC4CCC3)cc1. The van der Waals surface area contributed by atoms with Crippen LogP contribution < -0.4 is 0 Å². The lowest BCUT2D eigenvalue weighted by molar-refractivity contribution is 0.397. The van der Waals surface area contributed by atoms with Gasteiger partial charge in [0.15, 0.2) is 0 Å². The Kier molecular flexibility index (Phi) is 2.89. The molecule has 1 heteroatoms. The fourth-order valence-corrected chi connectivity index (χ4v) is 5.22. The van der Waals surface area contributed by atoms with E-state index in [1.807, 2.05) is 0 Å². The molecule has 2 aromatic rings. The maximum absolute atomic E-state index is 5.22. The molecule has 0 amide bonds. The molecule has 0 spiro atoms. The van der Waals surface area contributed by atoms with Crippen LogP contribution in [0.4, 0.5) is 0 Å². The first-order valence-corrected chi connectivity index (χ1v) is 9.03. The second kappa shape index (κ2) is 4.94. The van der Waals surface area contributed by atoms with Crippen molar-refractivity contribution >= 4 is 0 Å². The lowest BCUT2D eigenvalue weighted by Gasteiger charge is -2.40. The van der Waals surface area contributed by atoms with Gasteiger partial charge < -0.3 is 0 Å². The summed E-state index contributed by atoms with van der Waals surface area (Å²) in [5.74, 6) is 1.65. The van der Waals surface area contributed by atoms with E-state index in [0.29, 0.717) is 0 Å². The topological polar surface area (TPSA) is 12.9 Å². The van der Waals surface area contributed by atoms with Crippen LogP contribution in [0.5, 0.6) is 0 Å². The number of nitrogens with zero attached hydrogens (tertiary/aromatic N) is 1. The summed E-state index contributed by atoms with van der Waals surface area (Å²) >= 11 is 0. The van der Waals surface area contributed by atoms with Crippen LogP contribution in [0.3, 0.4) is 0 Å². The molecule has 1 nitrogen and oxygen atoms in total. The number of hydrogen-bond donors (Lipinski definition) is 0. The van der Waals surface area contributed by atoms with Crippen molar-refractivity contribution in [1.29, 1.82) is 0 Å². The lowest BCUT2D eigenvalue weighted by Crippen LogP contribution is -2.26. The van der Waals surface area contributed by atoms with Crippen molar-refractivity contribution in [1.82, 2.24) is 4.98 Å². The summed E-state index contributed by atoms with van der Waals surface area (Å²) in [6, 6.07) is 10.9. The molecular weight excluding hydrogens is 266 g/mol. The second-order valence-electron chi connectivity index (χ2n) is 7.33. The Bertz CT molecular complexity index is 716. The minimum absolute atomic E-state index is 0.823. The van der Waals surface area contributed by atoms with Gasteiger partial charge in [0.2, 0.25) is 0 Å². The zero-order valence-corrected chi connectivity index (χ0v) is 13.1. The summed E-state index contributed by atoms with van der Waals surface area (Å²) in [7, 11) is 0. The van der Waals surface area contributed by atoms with Crippen LogP contribution in [0.15, 0.2) is 30.3 Å². The number of aromatic nitrogens is 1. The van der Waals surface area contributed by atoms with Gasteiger partial charge in [0.1, 0.15) is 0 Å². The highest BCUT2D eigenvalue weighted by Crippen LogP contribution is 2.51. The largest absolute Gasteiger partial charge is 0.252 e. The Morgan fingerprint density at radius 3 is 2.32 bits per heavy atom. The van der Waals surface area contributed by atoms with Crippen molar-refractivity contribution in [2.45, 2.75) is 63.2 Å². The second-order valence-corrected chi connectivity index (χ2v) is 7.33. The standard InChI is InChI=1S/C21H23N/c1-2-6-16(7-3-1)21-17-10-4-8-14-12-13-15-9-5-11-18(22-21)20(15)19(14)17/h1-3,6-7,14-15H,4-5,8-13H2. The zero-order chi connectivity index (χ0) is 14.5. The molecule has 0 saturated carbocycles. The van der Waals surface area contributed by atoms with E-state index in [-0.39, 0.29) is 0 Å². The van der Waals surface area contributed by atoms with Crippen LogP contribution in [-0.2, 0) is 12.8 Å². The maximum Gasteiger partial charge on any atom is 0.0740 e. The average Bonchev–Trinajstić information content (AvgIpc) is 2.60. The van der Waals surface area contributed by atoms with Crippen molar-refractivity contribution in [3.63, 3.8) is 0 Å². The summed E-state index contributed by atoms with van der Waals surface area (Å²) < 4.78 is 0. The molecule has 3 aliphatic rings. The van der Waals surface area contributed by atoms with Gasteiger partial charge in [0.05, 0.1) is 5.69 Å². The molecule has 22 heavy (non-hydrogen) atoms. The molecule has 0 aliphatic heterocycles. The third kappa shape index (κ3) is 1.81. The summed E-state index contributed by atoms with van der Waals surface area (Å²) in [4.78, 5) is 5.22. The van der Waals surface area contributed by atoms with E-state index in [0.717, 1.165) is 11.8 Å². The summed E-state index contributed by atoms with van der Waals surface area (Å²) in [5, 5.41) is 0. The normalized spacial score (nSPS) is 25.6. The number of aryl methyl sites for hydroxylation is 1. The van der Waals surface area contributed by atoms with Crippen molar-refractivity contribution in [2.24, 2.45) is 0 Å². The van der Waals surface area contributed by atoms with Crippen molar-refractivity contribution < 1.29 is 0 Å². The molecule has 1 aromatic heterocycles.